The highest BCUT2D eigenvalue weighted by atomic mass is 16.5. The number of hydrogen-bond donors (Lipinski definition) is 2. The Labute approximate surface area is 160 Å². The Kier molecular flexibility index (Phi) is 5.07. The van der Waals surface area contributed by atoms with Crippen LogP contribution in [0.15, 0.2) is 47.2 Å². The van der Waals surface area contributed by atoms with Crippen molar-refractivity contribution in [2.24, 2.45) is 0 Å². The molecule has 0 bridgehead atoms. The number of H-pyrrole nitrogens is 1. The van der Waals surface area contributed by atoms with Crippen molar-refractivity contribution in [1.29, 1.82) is 0 Å². The summed E-state index contributed by atoms with van der Waals surface area (Å²) in [6.45, 7) is 2.24. The van der Waals surface area contributed by atoms with E-state index in [-0.39, 0.29) is 25.7 Å². The molecule has 9 heteroatoms. The Hall–Kier alpha value is -3.59. The van der Waals surface area contributed by atoms with E-state index in [0.29, 0.717) is 17.5 Å². The van der Waals surface area contributed by atoms with Crippen molar-refractivity contribution in [2.45, 2.75) is 20.1 Å². The zero-order valence-corrected chi connectivity index (χ0v) is 15.2. The fourth-order valence-corrected chi connectivity index (χ4v) is 2.70. The fraction of sp³-hybridized carbons (Fsp3) is 0.211. The van der Waals surface area contributed by atoms with Gasteiger partial charge in [-0.15, -0.1) is 0 Å². The lowest BCUT2D eigenvalue weighted by Crippen LogP contribution is -2.27. The molecule has 0 unspecified atom stereocenters. The molecule has 3 aromatic heterocycles. The molecule has 0 spiro atoms. The number of para-hydroxylation sites is 1. The fourth-order valence-electron chi connectivity index (χ4n) is 2.70. The van der Waals surface area contributed by atoms with Crippen molar-refractivity contribution in [3.8, 4) is 11.4 Å². The van der Waals surface area contributed by atoms with Crippen molar-refractivity contribution in [1.82, 2.24) is 30.4 Å². The Morgan fingerprint density at radius 3 is 3.00 bits per heavy atom. The molecule has 142 valence electrons. The predicted octanol–water partition coefficient (Wildman–Crippen LogP) is 2.15. The van der Waals surface area contributed by atoms with Crippen LogP contribution in [0.25, 0.3) is 22.4 Å². The van der Waals surface area contributed by atoms with Gasteiger partial charge in [0.25, 0.3) is 0 Å². The number of imidazole rings is 1. The summed E-state index contributed by atoms with van der Waals surface area (Å²) in [7, 11) is 0. The van der Waals surface area contributed by atoms with Gasteiger partial charge >= 0.3 is 0 Å². The average Bonchev–Trinajstić information content (AvgIpc) is 3.35. The molecular formula is C19H18N6O3. The maximum atomic E-state index is 11.9. The van der Waals surface area contributed by atoms with Gasteiger partial charge in [0.05, 0.1) is 17.6 Å². The summed E-state index contributed by atoms with van der Waals surface area (Å²) in [6, 6.07) is 9.53. The highest BCUT2D eigenvalue weighted by molar-refractivity contribution is 5.78. The Balaban J connectivity index is 1.25. The molecule has 0 radical (unpaired) electrons. The number of aryl methyl sites for hydroxylation is 1. The molecule has 1 amide bonds. The molecule has 0 aliphatic carbocycles. The van der Waals surface area contributed by atoms with Crippen molar-refractivity contribution in [3.05, 3.63) is 60.0 Å². The summed E-state index contributed by atoms with van der Waals surface area (Å²) in [5.41, 5.74) is 3.69. The molecule has 28 heavy (non-hydrogen) atoms. The van der Waals surface area contributed by atoms with Gasteiger partial charge in [-0.05, 0) is 30.7 Å². The number of aromatic nitrogens is 5. The van der Waals surface area contributed by atoms with Crippen molar-refractivity contribution < 1.29 is 14.1 Å². The molecule has 9 nitrogen and oxygen atoms in total. The van der Waals surface area contributed by atoms with E-state index in [1.165, 1.54) is 0 Å². The van der Waals surface area contributed by atoms with Gasteiger partial charge in [0.1, 0.15) is 19.0 Å². The van der Waals surface area contributed by atoms with E-state index in [4.69, 9.17) is 9.26 Å². The summed E-state index contributed by atoms with van der Waals surface area (Å²) in [4.78, 5) is 27.8. The second-order valence-corrected chi connectivity index (χ2v) is 6.18. The maximum Gasteiger partial charge on any atom is 0.246 e. The van der Waals surface area contributed by atoms with Gasteiger partial charge in [-0.2, -0.15) is 4.98 Å². The van der Waals surface area contributed by atoms with Gasteiger partial charge < -0.3 is 19.6 Å². The molecule has 4 rings (SSSR count). The Bertz CT molecular complexity index is 1090. The number of benzene rings is 1. The zero-order valence-electron chi connectivity index (χ0n) is 15.2. The minimum Gasteiger partial charge on any atom is -0.364 e. The second-order valence-electron chi connectivity index (χ2n) is 6.18. The molecule has 0 saturated carbocycles. The van der Waals surface area contributed by atoms with Crippen molar-refractivity contribution in [3.63, 3.8) is 0 Å². The van der Waals surface area contributed by atoms with Crippen LogP contribution in [0, 0.1) is 6.92 Å². The number of nitrogens with one attached hydrogen (secondary N) is 2. The number of ether oxygens (including phenoxy) is 1. The number of rotatable bonds is 7. The largest absolute Gasteiger partial charge is 0.364 e. The molecule has 1 aromatic carbocycles. The van der Waals surface area contributed by atoms with Crippen LogP contribution in [0.3, 0.4) is 0 Å². The van der Waals surface area contributed by atoms with Crippen LogP contribution in [0.5, 0.6) is 0 Å². The summed E-state index contributed by atoms with van der Waals surface area (Å²) in [5, 5.41) is 6.55. The van der Waals surface area contributed by atoms with E-state index in [1.807, 2.05) is 31.2 Å². The normalized spacial score (nSPS) is 11.0. The van der Waals surface area contributed by atoms with E-state index in [1.54, 1.807) is 18.5 Å². The molecule has 4 aromatic rings. The first-order valence-electron chi connectivity index (χ1n) is 8.70. The lowest BCUT2D eigenvalue weighted by atomic mass is 10.2. The van der Waals surface area contributed by atoms with Crippen molar-refractivity contribution in [2.75, 3.05) is 6.61 Å². The second kappa shape index (κ2) is 7.97. The third kappa shape index (κ3) is 4.04. The smallest absolute Gasteiger partial charge is 0.246 e. The first kappa shape index (κ1) is 17.8. The highest BCUT2D eigenvalue weighted by Gasteiger charge is 2.11. The summed E-state index contributed by atoms with van der Waals surface area (Å²) < 4.78 is 10.6. The molecular weight excluding hydrogens is 360 g/mol. The number of fused-ring (bicyclic) bond motifs is 1. The van der Waals surface area contributed by atoms with Gasteiger partial charge in [0, 0.05) is 18.0 Å². The van der Waals surface area contributed by atoms with Crippen LogP contribution in [0.4, 0.5) is 0 Å². The van der Waals surface area contributed by atoms with Gasteiger partial charge in [0.2, 0.25) is 17.6 Å². The van der Waals surface area contributed by atoms with Crippen LogP contribution in [0.2, 0.25) is 0 Å². The Morgan fingerprint density at radius 2 is 2.18 bits per heavy atom. The molecule has 0 aliphatic heterocycles. The molecule has 0 atom stereocenters. The minimum atomic E-state index is -0.284. The minimum absolute atomic E-state index is 0.0976. The first-order chi connectivity index (χ1) is 13.7. The first-order valence-corrected chi connectivity index (χ1v) is 8.70. The van der Waals surface area contributed by atoms with Crippen LogP contribution in [-0.2, 0) is 22.7 Å². The van der Waals surface area contributed by atoms with Crippen LogP contribution < -0.4 is 5.32 Å². The number of carbonyl (C=O) groups excluding carboxylic acids is 1. The predicted molar refractivity (Wildman–Crippen MR) is 99.9 cm³/mol. The molecule has 0 fully saturated rings. The average molecular weight is 378 g/mol. The van der Waals surface area contributed by atoms with Gasteiger partial charge in [-0.25, -0.2) is 4.98 Å². The lowest BCUT2D eigenvalue weighted by molar-refractivity contribution is -0.126. The quantitative estimate of drug-likeness (QED) is 0.506. The third-order valence-corrected chi connectivity index (χ3v) is 4.06. The Morgan fingerprint density at radius 1 is 1.25 bits per heavy atom. The number of carbonyl (C=O) groups is 1. The van der Waals surface area contributed by atoms with E-state index < -0.39 is 0 Å². The van der Waals surface area contributed by atoms with E-state index in [0.717, 1.165) is 22.2 Å². The zero-order chi connectivity index (χ0) is 19.3. The molecule has 2 N–H and O–H groups in total. The molecule has 3 heterocycles. The van der Waals surface area contributed by atoms with Gasteiger partial charge in [-0.3, -0.25) is 9.78 Å². The summed E-state index contributed by atoms with van der Waals surface area (Å²) >= 11 is 0. The van der Waals surface area contributed by atoms with E-state index in [9.17, 15) is 4.79 Å². The van der Waals surface area contributed by atoms with Crippen LogP contribution in [0.1, 0.15) is 17.3 Å². The molecule has 0 aliphatic rings. The van der Waals surface area contributed by atoms with E-state index in [2.05, 4.69) is 30.4 Å². The van der Waals surface area contributed by atoms with E-state index >= 15 is 0 Å². The van der Waals surface area contributed by atoms with Gasteiger partial charge in [-0.1, -0.05) is 17.3 Å². The number of hydrogen-bond acceptors (Lipinski definition) is 7. The summed E-state index contributed by atoms with van der Waals surface area (Å²) in [5.74, 6) is 1.12. The molecule has 0 saturated heterocycles. The number of amides is 1. The topological polar surface area (TPSA) is 119 Å². The maximum absolute atomic E-state index is 11.9. The SMILES string of the molecule is Cc1cccc2[nH]c(COCC(=O)NCc3nc(-c4cccnc4)no3)nc12. The lowest BCUT2D eigenvalue weighted by Gasteiger charge is -2.02. The number of pyridine rings is 1. The standard InChI is InChI=1S/C19H18N6O3/c1-12-4-2-6-14-18(12)23-15(22-14)10-27-11-16(26)21-9-17-24-19(25-28-17)13-5-3-7-20-8-13/h2-8H,9-11H2,1H3,(H,21,26)(H,22,23). The number of aromatic amines is 1. The van der Waals surface area contributed by atoms with Crippen molar-refractivity contribution >= 4 is 16.9 Å². The van der Waals surface area contributed by atoms with Crippen LogP contribution in [-0.4, -0.2) is 37.6 Å². The van der Waals surface area contributed by atoms with Crippen LogP contribution >= 0.6 is 0 Å². The highest BCUT2D eigenvalue weighted by Crippen LogP contribution is 2.16. The number of nitrogens with zero attached hydrogens (tertiary/aromatic N) is 4. The monoisotopic (exact) mass is 378 g/mol. The third-order valence-electron chi connectivity index (χ3n) is 4.06. The van der Waals surface area contributed by atoms with Gasteiger partial charge in [0.15, 0.2) is 0 Å². The summed E-state index contributed by atoms with van der Waals surface area (Å²) in [6.07, 6.45) is 3.30.